The lowest BCUT2D eigenvalue weighted by Crippen LogP contribution is -2.44. The molecule has 2 saturated heterocycles. The number of aliphatic hydroxyl groups excluding tert-OH is 1. The van der Waals surface area contributed by atoms with Crippen molar-refractivity contribution in [2.24, 2.45) is 27.4 Å². The fourth-order valence-corrected chi connectivity index (χ4v) is 11.1. The van der Waals surface area contributed by atoms with Gasteiger partial charge in [0.15, 0.2) is 0 Å². The third-order valence-corrected chi connectivity index (χ3v) is 14.1. The number of aliphatic hydroxyl groups is 1. The highest BCUT2D eigenvalue weighted by molar-refractivity contribution is 8.00. The molecule has 13 N–H and O–H groups in total. The molecule has 0 aliphatic carbocycles. The number of carbonyl (C=O) groups is 4. The van der Waals surface area contributed by atoms with Gasteiger partial charge in [-0.2, -0.15) is 23.5 Å². The molecule has 5 heterocycles. The van der Waals surface area contributed by atoms with Gasteiger partial charge in [-0.15, -0.1) is 0 Å². The van der Waals surface area contributed by atoms with E-state index >= 15 is 0 Å². The van der Waals surface area contributed by atoms with Crippen LogP contribution in [0.5, 0.6) is 0 Å². The highest BCUT2D eigenvalue weighted by Gasteiger charge is 2.42. The molecular weight excluding hydrogens is 941 g/mol. The van der Waals surface area contributed by atoms with Gasteiger partial charge in [0.25, 0.3) is 11.8 Å². The summed E-state index contributed by atoms with van der Waals surface area (Å²) in [4.78, 5) is 59.4. The minimum Gasteiger partial charge on any atom is -0.444 e. The number of unbranched alkanes of at least 4 members (excludes halogenated alkanes) is 6. The number of ether oxygens (including phenoxy) is 4. The third-order valence-electron chi connectivity index (χ3n) is 11.1. The fraction of sp³-hybridized carbons (Fsp3) is 0.750. The van der Waals surface area contributed by atoms with Gasteiger partial charge in [-0.05, 0) is 119 Å². The maximum Gasteiger partial charge on any atom is 0.414 e. The van der Waals surface area contributed by atoms with E-state index in [4.69, 9.17) is 39.8 Å². The number of aliphatic imine (C=N–C) groups is 2. The van der Waals surface area contributed by atoms with Gasteiger partial charge < -0.3 is 45.9 Å². The number of hydrazine groups is 1. The highest BCUT2D eigenvalue weighted by Crippen LogP contribution is 2.36. The Hall–Kier alpha value is -3.74. The minimum atomic E-state index is -0.539. The van der Waals surface area contributed by atoms with Crippen molar-refractivity contribution in [2.75, 3.05) is 57.6 Å². The van der Waals surface area contributed by atoms with Gasteiger partial charge in [-0.1, -0.05) is 37.8 Å². The molecule has 1 aromatic carbocycles. The number of nitrogens with one attached hydrogen (secondary N) is 4. The van der Waals surface area contributed by atoms with Crippen LogP contribution in [0.25, 0.3) is 0 Å². The van der Waals surface area contributed by atoms with Crippen LogP contribution in [0.15, 0.2) is 34.3 Å². The van der Waals surface area contributed by atoms with Crippen LogP contribution in [0, 0.1) is 0 Å². The number of hydrogen-bond donors (Lipinski definition) is 8. The molecule has 20 nitrogen and oxygen atoms in total. The van der Waals surface area contributed by atoms with Gasteiger partial charge in [0, 0.05) is 61.6 Å². The molecule has 400 valence electrons. The van der Waals surface area contributed by atoms with Gasteiger partial charge in [0.2, 0.25) is 11.9 Å². The van der Waals surface area contributed by atoms with Crippen LogP contribution in [-0.4, -0.2) is 155 Å². The Morgan fingerprint density at radius 2 is 1.09 bits per heavy atom. The molecule has 0 unspecified atom stereocenters. The van der Waals surface area contributed by atoms with E-state index < -0.39 is 23.4 Å². The van der Waals surface area contributed by atoms with Crippen LogP contribution in [0.3, 0.4) is 0 Å². The maximum absolute atomic E-state index is 12.4. The summed E-state index contributed by atoms with van der Waals surface area (Å²) in [5.41, 5.74) is 5.42. The molecule has 0 aromatic heterocycles. The van der Waals surface area contributed by atoms with Crippen molar-refractivity contribution in [1.29, 1.82) is 0 Å². The number of amides is 4. The summed E-state index contributed by atoms with van der Waals surface area (Å²) in [7, 11) is 0. The largest absolute Gasteiger partial charge is 0.444 e. The normalized spacial score (nSPS) is 21.6. The molecule has 0 spiro atoms. The SMILES string of the molecule is CC(C)(C)OC(=O)NC1=N[C@H]2[C@H](CS[C@H]2CCCCCOCCCCN)N1.CC(C)(C)OC(=O)NC1=N[C@H]2[C@H](CS[C@H]2CCCCCOCCCCN2C(=O)c3ccccc3C2=O)N1.CCO.NN.O. The molecule has 70 heavy (non-hydrogen) atoms. The Bertz CT molecular complexity index is 1750. The summed E-state index contributed by atoms with van der Waals surface area (Å²) in [6, 6.07) is 8.00. The molecule has 0 radical (unpaired) electrons. The van der Waals surface area contributed by atoms with E-state index in [1.807, 2.05) is 65.1 Å². The standard InChI is InChI=1S/C27H38N4O5S.C19H36N4O3S.C2H6O.H4N2.H2O/c1-27(2,3)36-26(34)30-25-28-20-17-37-21(22(20)29-25)13-5-4-9-15-35-16-10-8-14-31-23(32)18-11-6-7-12-19(18)24(31)33;1-19(2,3)26-18(24)23-17-21-14-13-27-15(16(14)22-17)9-5-4-7-11-25-12-8-6-10-20;1-2-3;1-2;/h6-7,11-12,20-22H,4-5,8-10,13-17H2,1-3H3,(H2,28,29,30,34);14-16H,4-13,20H2,1-3H3,(H2,21,22,23,24);3H,2H2,1H3;1-2H2;1H2/t20-,21-,22-;14-,15-,16-;;;/m00.../s1. The first kappa shape index (κ1) is 62.4. The summed E-state index contributed by atoms with van der Waals surface area (Å²) in [5.74, 6) is 10.7. The summed E-state index contributed by atoms with van der Waals surface area (Å²) in [6.07, 6.45) is 11.7. The first-order valence-electron chi connectivity index (χ1n) is 24.7. The molecule has 6 atom stereocenters. The number of imide groups is 1. The lowest BCUT2D eigenvalue weighted by atomic mass is 10.0. The van der Waals surface area contributed by atoms with E-state index in [9.17, 15) is 19.2 Å². The topological polar surface area (TPSA) is 311 Å². The average Bonchev–Trinajstić information content (AvgIpc) is 4.10. The molecule has 6 rings (SSSR count). The van der Waals surface area contributed by atoms with E-state index in [1.165, 1.54) is 17.7 Å². The summed E-state index contributed by atoms with van der Waals surface area (Å²) in [6.45, 7) is 17.2. The second-order valence-electron chi connectivity index (χ2n) is 19.2. The minimum absolute atomic E-state index is 0. The zero-order valence-corrected chi connectivity index (χ0v) is 44.4. The van der Waals surface area contributed by atoms with E-state index in [1.54, 1.807) is 31.2 Å². The van der Waals surface area contributed by atoms with E-state index in [0.29, 0.717) is 52.7 Å². The Labute approximate surface area is 424 Å². The lowest BCUT2D eigenvalue weighted by molar-refractivity contribution is 0.0549. The molecule has 5 aliphatic heterocycles. The molecule has 5 aliphatic rings. The number of guanidine groups is 2. The van der Waals surface area contributed by atoms with Crippen molar-refractivity contribution in [2.45, 2.75) is 171 Å². The number of alkyl carbamates (subject to hydrolysis) is 2. The second-order valence-corrected chi connectivity index (χ2v) is 21.7. The van der Waals surface area contributed by atoms with Crippen molar-refractivity contribution >= 4 is 59.4 Å². The predicted octanol–water partition coefficient (Wildman–Crippen LogP) is 4.61. The van der Waals surface area contributed by atoms with Crippen LogP contribution in [0.2, 0.25) is 0 Å². The zero-order chi connectivity index (χ0) is 50.8. The van der Waals surface area contributed by atoms with E-state index in [-0.39, 0.29) is 42.0 Å². The van der Waals surface area contributed by atoms with Crippen LogP contribution in [-0.2, 0) is 18.9 Å². The summed E-state index contributed by atoms with van der Waals surface area (Å²) in [5, 5.41) is 20.7. The number of fused-ring (bicyclic) bond motifs is 3. The smallest absolute Gasteiger partial charge is 0.414 e. The molecule has 2 fully saturated rings. The van der Waals surface area contributed by atoms with Crippen LogP contribution < -0.4 is 38.7 Å². The van der Waals surface area contributed by atoms with Crippen LogP contribution in [0.4, 0.5) is 9.59 Å². The van der Waals surface area contributed by atoms with Crippen molar-refractivity contribution < 1.29 is 48.7 Å². The number of benzene rings is 1. The van der Waals surface area contributed by atoms with Crippen LogP contribution >= 0.6 is 23.5 Å². The molecule has 4 amide bonds. The number of carbonyl (C=O) groups excluding carboxylic acids is 4. The number of rotatable bonds is 21. The van der Waals surface area contributed by atoms with Crippen molar-refractivity contribution in [3.05, 3.63) is 35.4 Å². The van der Waals surface area contributed by atoms with E-state index in [2.05, 4.69) is 33.0 Å². The lowest BCUT2D eigenvalue weighted by Gasteiger charge is -2.19. The van der Waals surface area contributed by atoms with Gasteiger partial charge in [0.05, 0.1) is 35.3 Å². The van der Waals surface area contributed by atoms with Gasteiger partial charge in [0.1, 0.15) is 11.2 Å². The number of thioether (sulfide) groups is 2. The Morgan fingerprint density at radius 3 is 1.47 bits per heavy atom. The Morgan fingerprint density at radius 1 is 0.700 bits per heavy atom. The molecule has 0 bridgehead atoms. The van der Waals surface area contributed by atoms with Crippen molar-refractivity contribution in [3.63, 3.8) is 0 Å². The zero-order valence-electron chi connectivity index (χ0n) is 42.7. The van der Waals surface area contributed by atoms with Crippen molar-refractivity contribution in [3.8, 4) is 0 Å². The molecule has 22 heteroatoms. The predicted molar refractivity (Wildman–Crippen MR) is 280 cm³/mol. The van der Waals surface area contributed by atoms with E-state index in [0.717, 1.165) is 102 Å². The summed E-state index contributed by atoms with van der Waals surface area (Å²) < 4.78 is 22.0. The first-order chi connectivity index (χ1) is 33.0. The Balaban J connectivity index is 0.000000452. The quantitative estimate of drug-likeness (QED) is 0.0361. The number of nitrogens with zero attached hydrogens (tertiary/aromatic N) is 3. The first-order valence-corrected chi connectivity index (χ1v) is 26.8. The maximum atomic E-state index is 12.4. The van der Waals surface area contributed by atoms with Gasteiger partial charge >= 0.3 is 12.2 Å². The number of nitrogens with two attached hydrogens (primary N) is 3. The fourth-order valence-electron chi connectivity index (χ4n) is 8.06. The average molecular weight is 1030 g/mol. The highest BCUT2D eigenvalue weighted by atomic mass is 32.2. The third kappa shape index (κ3) is 22.4. The number of hydrogen-bond acceptors (Lipinski definition) is 18. The molecule has 0 saturated carbocycles. The second kappa shape index (κ2) is 33.1. The van der Waals surface area contributed by atoms with Crippen molar-refractivity contribution in [1.82, 2.24) is 26.2 Å². The van der Waals surface area contributed by atoms with Gasteiger partial charge in [-0.25, -0.2) is 19.6 Å². The van der Waals surface area contributed by atoms with Crippen LogP contribution in [0.1, 0.15) is 146 Å². The molecule has 1 aromatic rings. The van der Waals surface area contributed by atoms with Gasteiger partial charge in [-0.3, -0.25) is 36.8 Å². The molecular formula is C48H86N10O10S2. The summed E-state index contributed by atoms with van der Waals surface area (Å²) >= 11 is 3.94. The monoisotopic (exact) mass is 1030 g/mol. The Kier molecular flexibility index (Phi) is 29.5.